The first-order valence-electron chi connectivity index (χ1n) is 23.2. The smallest absolute Gasteiger partial charge is 0.0714 e. The van der Waals surface area contributed by atoms with Crippen molar-refractivity contribution in [2.24, 2.45) is 0 Å². The van der Waals surface area contributed by atoms with Crippen molar-refractivity contribution < 1.29 is 0 Å². The minimum Gasteiger partial charge on any atom is -0.309 e. The zero-order valence-electron chi connectivity index (χ0n) is 36.6. The Hall–Kier alpha value is -8.72. The highest BCUT2D eigenvalue weighted by Crippen LogP contribution is 2.56. The molecule has 67 heavy (non-hydrogen) atoms. The molecule has 0 radical (unpaired) electrons. The number of hydrogen-bond donors (Lipinski definition) is 0. The van der Waals surface area contributed by atoms with Gasteiger partial charge in [-0.25, -0.2) is 0 Å². The maximum absolute atomic E-state index is 2.49. The van der Waals surface area contributed by atoms with Crippen molar-refractivity contribution in [2.45, 2.75) is 5.41 Å². The van der Waals surface area contributed by atoms with Crippen molar-refractivity contribution in [3.63, 3.8) is 0 Å². The lowest BCUT2D eigenvalue weighted by atomic mass is 9.67. The summed E-state index contributed by atoms with van der Waals surface area (Å²) in [4.78, 5) is 0. The van der Waals surface area contributed by atoms with Crippen LogP contribution in [0.5, 0.6) is 0 Å². The van der Waals surface area contributed by atoms with Gasteiger partial charge in [0.1, 0.15) is 0 Å². The Kier molecular flexibility index (Phi) is 8.23. The van der Waals surface area contributed by atoms with Gasteiger partial charge in [0, 0.05) is 32.9 Å². The van der Waals surface area contributed by atoms with E-state index in [9.17, 15) is 0 Å². The van der Waals surface area contributed by atoms with Crippen molar-refractivity contribution in [3.05, 3.63) is 277 Å². The first-order valence-corrected chi connectivity index (χ1v) is 23.2. The van der Waals surface area contributed by atoms with Gasteiger partial charge in [-0.1, -0.05) is 188 Å². The average Bonchev–Trinajstić information content (AvgIpc) is 4.02. The zero-order chi connectivity index (χ0) is 44.1. The molecule has 0 saturated carbocycles. The minimum absolute atomic E-state index is 0.493. The highest BCUT2D eigenvalue weighted by molar-refractivity contribution is 6.13. The second-order valence-electron chi connectivity index (χ2n) is 18.0. The largest absolute Gasteiger partial charge is 0.309 e. The zero-order valence-corrected chi connectivity index (χ0v) is 36.6. The van der Waals surface area contributed by atoms with E-state index < -0.39 is 5.41 Å². The Morgan fingerprint density at radius 2 is 0.716 bits per heavy atom. The van der Waals surface area contributed by atoms with Crippen LogP contribution >= 0.6 is 0 Å². The summed E-state index contributed by atoms with van der Waals surface area (Å²) in [5.41, 5.74) is 19.1. The summed E-state index contributed by atoms with van der Waals surface area (Å²) >= 11 is 0. The molecule has 0 bridgehead atoms. The van der Waals surface area contributed by atoms with Gasteiger partial charge in [-0.05, 0) is 133 Å². The Labute approximate surface area is 388 Å². The summed E-state index contributed by atoms with van der Waals surface area (Å²) in [5.74, 6) is 0. The minimum atomic E-state index is -0.493. The van der Waals surface area contributed by atoms with Crippen LogP contribution in [0, 0.1) is 0 Å². The quantitative estimate of drug-likeness (QED) is 0.158. The molecule has 2 heteroatoms. The molecule has 0 N–H and O–H groups in total. The number of aromatic nitrogens is 2. The lowest BCUT2D eigenvalue weighted by molar-refractivity contribution is 0.767. The molecular weight excluding hydrogens is 809 g/mol. The fraction of sp³-hybridized carbons (Fsp3) is 0.0154. The number of benzene rings is 11. The summed E-state index contributed by atoms with van der Waals surface area (Å²) in [7, 11) is 0. The number of para-hydroxylation sites is 1. The van der Waals surface area contributed by atoms with Crippen LogP contribution in [0.15, 0.2) is 255 Å². The Bertz CT molecular complexity index is 4040. The molecule has 0 spiro atoms. The molecule has 0 unspecified atom stereocenters. The Morgan fingerprint density at radius 3 is 1.37 bits per heavy atom. The second kappa shape index (κ2) is 14.7. The van der Waals surface area contributed by atoms with E-state index in [1.807, 2.05) is 0 Å². The molecule has 312 valence electrons. The van der Waals surface area contributed by atoms with E-state index in [0.29, 0.717) is 0 Å². The highest BCUT2D eigenvalue weighted by Gasteiger charge is 2.46. The molecule has 11 aromatic carbocycles. The van der Waals surface area contributed by atoms with Crippen molar-refractivity contribution in [1.29, 1.82) is 0 Å². The van der Waals surface area contributed by atoms with E-state index in [-0.39, 0.29) is 0 Å². The predicted octanol–water partition coefficient (Wildman–Crippen LogP) is 16.7. The molecule has 0 atom stereocenters. The molecule has 2 heterocycles. The standard InChI is InChI=1S/C65H42N2/c1-4-16-43(17-5-1)46-29-35-63-57(39-46)58-41-48(47-30-36-62-56(40-47)55-25-13-15-27-61(55)66(62)51-32-28-44-18-10-11-19-45(44)38-51)31-37-64(58)67(63)52-33-34-54-53-24-12-14-26-59(53)65(60(54)42-52,49-20-6-2-7-21-49)50-22-8-3-9-23-50/h1-42H. The van der Waals surface area contributed by atoms with E-state index in [1.54, 1.807) is 0 Å². The monoisotopic (exact) mass is 850 g/mol. The molecule has 0 fully saturated rings. The summed E-state index contributed by atoms with van der Waals surface area (Å²) in [6, 6.07) is 94.5. The average molecular weight is 851 g/mol. The van der Waals surface area contributed by atoms with Crippen molar-refractivity contribution in [3.8, 4) is 44.8 Å². The van der Waals surface area contributed by atoms with E-state index >= 15 is 0 Å². The van der Waals surface area contributed by atoms with Gasteiger partial charge < -0.3 is 9.13 Å². The predicted molar refractivity (Wildman–Crippen MR) is 281 cm³/mol. The molecule has 13 aromatic rings. The highest BCUT2D eigenvalue weighted by atomic mass is 15.0. The first-order chi connectivity index (χ1) is 33.2. The molecule has 1 aliphatic rings. The van der Waals surface area contributed by atoms with Crippen molar-refractivity contribution in [1.82, 2.24) is 9.13 Å². The molecule has 14 rings (SSSR count). The second-order valence-corrected chi connectivity index (χ2v) is 18.0. The maximum atomic E-state index is 2.49. The van der Waals surface area contributed by atoms with Crippen LogP contribution in [0.3, 0.4) is 0 Å². The third kappa shape index (κ3) is 5.57. The number of fused-ring (bicyclic) bond motifs is 10. The van der Waals surface area contributed by atoms with Gasteiger partial charge >= 0.3 is 0 Å². The summed E-state index contributed by atoms with van der Waals surface area (Å²) in [6.07, 6.45) is 0. The van der Waals surface area contributed by atoms with E-state index in [2.05, 4.69) is 264 Å². The SMILES string of the molecule is c1ccc(-c2ccc3c(c2)c2cc(-c4ccc5c(c4)c4ccccc4n5-c4ccc5ccccc5c4)ccc2n3-c2ccc3c(c2)C(c2ccccc2)(c2ccccc2)c2ccccc2-3)cc1. The van der Waals surface area contributed by atoms with Gasteiger partial charge in [0.25, 0.3) is 0 Å². The van der Waals surface area contributed by atoms with Crippen LogP contribution in [0.4, 0.5) is 0 Å². The van der Waals surface area contributed by atoms with Gasteiger partial charge in [-0.15, -0.1) is 0 Å². The number of hydrogen-bond acceptors (Lipinski definition) is 0. The normalized spacial score (nSPS) is 12.9. The molecule has 2 nitrogen and oxygen atoms in total. The molecule has 0 amide bonds. The maximum Gasteiger partial charge on any atom is 0.0714 e. The molecular formula is C65H42N2. The van der Waals surface area contributed by atoms with Gasteiger partial charge in [0.15, 0.2) is 0 Å². The van der Waals surface area contributed by atoms with Crippen LogP contribution in [0.2, 0.25) is 0 Å². The summed E-state index contributed by atoms with van der Waals surface area (Å²) in [6.45, 7) is 0. The number of rotatable bonds is 6. The lowest BCUT2D eigenvalue weighted by Crippen LogP contribution is -2.28. The molecule has 0 aliphatic heterocycles. The van der Waals surface area contributed by atoms with Gasteiger partial charge in [-0.3, -0.25) is 0 Å². The fourth-order valence-electron chi connectivity index (χ4n) is 11.6. The first kappa shape index (κ1) is 37.6. The third-order valence-corrected chi connectivity index (χ3v) is 14.6. The summed E-state index contributed by atoms with van der Waals surface area (Å²) in [5, 5.41) is 7.44. The van der Waals surface area contributed by atoms with Gasteiger partial charge in [0.05, 0.1) is 27.5 Å². The Balaban J connectivity index is 0.985. The molecule has 1 aliphatic carbocycles. The van der Waals surface area contributed by atoms with E-state index in [4.69, 9.17) is 0 Å². The van der Waals surface area contributed by atoms with Crippen LogP contribution in [-0.2, 0) is 5.41 Å². The van der Waals surface area contributed by atoms with Crippen molar-refractivity contribution >= 4 is 54.4 Å². The van der Waals surface area contributed by atoms with Gasteiger partial charge in [-0.2, -0.15) is 0 Å². The van der Waals surface area contributed by atoms with E-state index in [1.165, 1.54) is 116 Å². The molecule has 2 aromatic heterocycles. The Morgan fingerprint density at radius 1 is 0.254 bits per heavy atom. The van der Waals surface area contributed by atoms with Gasteiger partial charge in [0.2, 0.25) is 0 Å². The number of nitrogens with zero attached hydrogens (tertiary/aromatic N) is 2. The van der Waals surface area contributed by atoms with Crippen molar-refractivity contribution in [2.75, 3.05) is 0 Å². The van der Waals surface area contributed by atoms with Crippen LogP contribution < -0.4 is 0 Å². The summed E-state index contributed by atoms with van der Waals surface area (Å²) < 4.78 is 4.91. The molecule has 0 saturated heterocycles. The third-order valence-electron chi connectivity index (χ3n) is 14.6. The van der Waals surface area contributed by atoms with Crippen LogP contribution in [0.1, 0.15) is 22.3 Å². The fourth-order valence-corrected chi connectivity index (χ4v) is 11.6. The van der Waals surface area contributed by atoms with Crippen LogP contribution in [0.25, 0.3) is 99.1 Å². The van der Waals surface area contributed by atoms with Crippen LogP contribution in [-0.4, -0.2) is 9.13 Å². The van der Waals surface area contributed by atoms with E-state index in [0.717, 1.165) is 5.69 Å². The topological polar surface area (TPSA) is 9.86 Å². The lowest BCUT2D eigenvalue weighted by Gasteiger charge is -2.34.